The Hall–Kier alpha value is -4.19. The van der Waals surface area contributed by atoms with Gasteiger partial charge >= 0.3 is 6.09 Å². The average Bonchev–Trinajstić information content (AvgIpc) is 3.34. The highest BCUT2D eigenvalue weighted by atomic mass is 32.2. The number of aryl methyl sites for hydroxylation is 1. The Kier molecular flexibility index (Phi) is 7.81. The summed E-state index contributed by atoms with van der Waals surface area (Å²) < 4.78 is 78.9. The molecule has 2 aromatic carbocycles. The standard InChI is InChI=1S/C26H23F3N4O4S/c1-3-11-31-26(34)37-21-8-7-20(29)23(25(21)38(35,36)22-14-17(27)5-6-19(22)28)24-18(15-33(4-2)32-24)16-9-12-30-13-10-16/h5-10,12-15H,3-4,11H2,1-2H3,(H,31,34). The van der Waals surface area contributed by atoms with Crippen molar-refractivity contribution in [1.82, 2.24) is 20.1 Å². The number of benzene rings is 2. The first-order valence-corrected chi connectivity index (χ1v) is 13.1. The molecule has 0 radical (unpaired) electrons. The number of sulfone groups is 1. The molecule has 4 aromatic rings. The Morgan fingerprint density at radius 3 is 2.42 bits per heavy atom. The fourth-order valence-corrected chi connectivity index (χ4v) is 5.42. The van der Waals surface area contributed by atoms with Gasteiger partial charge in [0.1, 0.15) is 32.9 Å². The number of hydrogen-bond acceptors (Lipinski definition) is 6. The molecule has 0 aliphatic rings. The van der Waals surface area contributed by atoms with Gasteiger partial charge < -0.3 is 10.1 Å². The first-order valence-electron chi connectivity index (χ1n) is 11.6. The van der Waals surface area contributed by atoms with Crippen molar-refractivity contribution in [3.05, 3.63) is 78.5 Å². The average molecular weight is 545 g/mol. The molecule has 12 heteroatoms. The van der Waals surface area contributed by atoms with E-state index in [4.69, 9.17) is 4.74 Å². The van der Waals surface area contributed by atoms with Gasteiger partial charge in [-0.05, 0) is 61.4 Å². The number of nitrogens with one attached hydrogen (secondary N) is 1. The van der Waals surface area contributed by atoms with Crippen LogP contribution in [0.2, 0.25) is 0 Å². The van der Waals surface area contributed by atoms with Crippen LogP contribution in [-0.4, -0.2) is 35.8 Å². The molecule has 0 unspecified atom stereocenters. The SMILES string of the molecule is CCCNC(=O)Oc1ccc(F)c(-c2nn(CC)cc2-c2ccncc2)c1S(=O)(=O)c1cc(F)ccc1F. The van der Waals surface area contributed by atoms with Gasteiger partial charge in [-0.25, -0.2) is 26.4 Å². The van der Waals surface area contributed by atoms with Crippen LogP contribution in [-0.2, 0) is 16.4 Å². The summed E-state index contributed by atoms with van der Waals surface area (Å²) in [5, 5.41) is 6.82. The summed E-state index contributed by atoms with van der Waals surface area (Å²) >= 11 is 0. The summed E-state index contributed by atoms with van der Waals surface area (Å²) in [7, 11) is -5.01. The second-order valence-corrected chi connectivity index (χ2v) is 9.98. The number of pyridine rings is 1. The Labute approximate surface area is 217 Å². The second kappa shape index (κ2) is 11.1. The van der Waals surface area contributed by atoms with Crippen molar-refractivity contribution < 1.29 is 31.1 Å². The maximum Gasteiger partial charge on any atom is 0.412 e. The van der Waals surface area contributed by atoms with E-state index in [0.717, 1.165) is 18.2 Å². The molecule has 0 fully saturated rings. The maximum absolute atomic E-state index is 15.6. The van der Waals surface area contributed by atoms with Crippen molar-refractivity contribution in [2.75, 3.05) is 6.54 Å². The Bertz CT molecular complexity index is 1590. The van der Waals surface area contributed by atoms with Crippen LogP contribution in [0.1, 0.15) is 20.3 Å². The normalized spacial score (nSPS) is 11.4. The van der Waals surface area contributed by atoms with Crippen LogP contribution in [0.4, 0.5) is 18.0 Å². The number of carbonyl (C=O) groups is 1. The zero-order valence-corrected chi connectivity index (χ0v) is 21.2. The molecule has 4 rings (SSSR count). The maximum atomic E-state index is 15.6. The zero-order valence-electron chi connectivity index (χ0n) is 20.4. The molecule has 1 amide bonds. The van der Waals surface area contributed by atoms with Crippen molar-refractivity contribution in [3.8, 4) is 28.1 Å². The second-order valence-electron chi connectivity index (χ2n) is 8.13. The molecule has 0 saturated heterocycles. The number of carbonyl (C=O) groups excluding carboxylic acids is 1. The summed E-state index contributed by atoms with van der Waals surface area (Å²) in [5.41, 5.74) is 0.220. The van der Waals surface area contributed by atoms with Gasteiger partial charge in [0.25, 0.3) is 0 Å². The summed E-state index contributed by atoms with van der Waals surface area (Å²) in [6.07, 6.45) is 4.14. The molecule has 1 N–H and O–H groups in total. The van der Waals surface area contributed by atoms with Crippen molar-refractivity contribution in [2.24, 2.45) is 0 Å². The molecule has 2 aromatic heterocycles. The Morgan fingerprint density at radius 2 is 1.74 bits per heavy atom. The number of aromatic nitrogens is 3. The number of halogens is 3. The first kappa shape index (κ1) is 26.9. The summed E-state index contributed by atoms with van der Waals surface area (Å²) in [6, 6.07) is 6.98. The zero-order chi connectivity index (χ0) is 27.4. The van der Waals surface area contributed by atoms with E-state index < -0.39 is 54.5 Å². The fraction of sp³-hybridized carbons (Fsp3) is 0.192. The predicted octanol–water partition coefficient (Wildman–Crippen LogP) is 5.38. The van der Waals surface area contributed by atoms with Crippen LogP contribution in [0, 0.1) is 17.5 Å². The topological polar surface area (TPSA) is 103 Å². The minimum Gasteiger partial charge on any atom is -0.409 e. The molecule has 0 aliphatic carbocycles. The van der Waals surface area contributed by atoms with Crippen molar-refractivity contribution in [1.29, 1.82) is 0 Å². The lowest BCUT2D eigenvalue weighted by atomic mass is 10.0. The van der Waals surface area contributed by atoms with Crippen LogP contribution in [0.3, 0.4) is 0 Å². The van der Waals surface area contributed by atoms with E-state index in [-0.39, 0.29) is 12.2 Å². The van der Waals surface area contributed by atoms with E-state index >= 15 is 4.39 Å². The minimum atomic E-state index is -5.01. The minimum absolute atomic E-state index is 0.106. The molecule has 0 aliphatic heterocycles. The van der Waals surface area contributed by atoms with Gasteiger partial charge in [-0.2, -0.15) is 5.10 Å². The van der Waals surface area contributed by atoms with Gasteiger partial charge in [-0.3, -0.25) is 9.67 Å². The largest absolute Gasteiger partial charge is 0.412 e. The third kappa shape index (κ3) is 5.25. The number of amides is 1. The monoisotopic (exact) mass is 544 g/mol. The van der Waals surface area contributed by atoms with Crippen LogP contribution < -0.4 is 10.1 Å². The molecule has 0 spiro atoms. The van der Waals surface area contributed by atoms with Gasteiger partial charge in [-0.15, -0.1) is 0 Å². The van der Waals surface area contributed by atoms with Gasteiger partial charge in [0.15, 0.2) is 5.75 Å². The molecular weight excluding hydrogens is 521 g/mol. The van der Waals surface area contributed by atoms with Crippen molar-refractivity contribution >= 4 is 15.9 Å². The van der Waals surface area contributed by atoms with Crippen LogP contribution in [0.25, 0.3) is 22.4 Å². The molecule has 0 atom stereocenters. The van der Waals surface area contributed by atoms with Crippen LogP contribution in [0.15, 0.2) is 70.8 Å². The van der Waals surface area contributed by atoms with E-state index in [1.165, 1.54) is 17.1 Å². The fourth-order valence-electron chi connectivity index (χ4n) is 3.77. The highest BCUT2D eigenvalue weighted by Crippen LogP contribution is 2.43. The van der Waals surface area contributed by atoms with E-state index in [9.17, 15) is 22.0 Å². The molecule has 8 nitrogen and oxygen atoms in total. The smallest absolute Gasteiger partial charge is 0.409 e. The van der Waals surface area contributed by atoms with E-state index in [0.29, 0.717) is 36.2 Å². The lowest BCUT2D eigenvalue weighted by molar-refractivity contribution is 0.199. The highest BCUT2D eigenvalue weighted by molar-refractivity contribution is 7.91. The summed E-state index contributed by atoms with van der Waals surface area (Å²) in [4.78, 5) is 14.4. The quantitative estimate of drug-likeness (QED) is 0.320. The number of hydrogen-bond donors (Lipinski definition) is 1. The molecule has 198 valence electrons. The van der Waals surface area contributed by atoms with Gasteiger partial charge in [-0.1, -0.05) is 6.92 Å². The van der Waals surface area contributed by atoms with Crippen LogP contribution in [0.5, 0.6) is 5.75 Å². The molecular formula is C26H23F3N4O4S. The van der Waals surface area contributed by atoms with E-state index in [1.807, 2.05) is 0 Å². The van der Waals surface area contributed by atoms with E-state index in [1.54, 1.807) is 32.2 Å². The van der Waals surface area contributed by atoms with Crippen LogP contribution >= 0.6 is 0 Å². The predicted molar refractivity (Wildman–Crippen MR) is 133 cm³/mol. The van der Waals surface area contributed by atoms with Gasteiger partial charge in [0.05, 0.1) is 5.56 Å². The first-order chi connectivity index (χ1) is 18.2. The molecule has 0 saturated carbocycles. The lowest BCUT2D eigenvalue weighted by Gasteiger charge is -2.17. The third-order valence-corrected chi connectivity index (χ3v) is 7.39. The van der Waals surface area contributed by atoms with Crippen molar-refractivity contribution in [3.63, 3.8) is 0 Å². The molecule has 2 heterocycles. The summed E-state index contributed by atoms with van der Waals surface area (Å²) in [5.74, 6) is -3.90. The number of ether oxygens (including phenoxy) is 1. The molecule has 38 heavy (non-hydrogen) atoms. The summed E-state index contributed by atoms with van der Waals surface area (Å²) in [6.45, 7) is 4.15. The third-order valence-electron chi connectivity index (χ3n) is 5.56. The van der Waals surface area contributed by atoms with Crippen molar-refractivity contribution in [2.45, 2.75) is 36.6 Å². The Morgan fingerprint density at radius 1 is 1.03 bits per heavy atom. The number of rotatable bonds is 8. The van der Waals surface area contributed by atoms with E-state index in [2.05, 4.69) is 15.4 Å². The van der Waals surface area contributed by atoms with Gasteiger partial charge in [0.2, 0.25) is 9.84 Å². The number of nitrogens with zero attached hydrogens (tertiary/aromatic N) is 3. The molecule has 0 bridgehead atoms. The van der Waals surface area contributed by atoms with Gasteiger partial charge in [0, 0.05) is 37.2 Å². The lowest BCUT2D eigenvalue weighted by Crippen LogP contribution is -2.28. The Balaban J connectivity index is 2.06. The highest BCUT2D eigenvalue weighted by Gasteiger charge is 2.34.